The van der Waals surface area contributed by atoms with Crippen LogP contribution in [0.1, 0.15) is 58.9 Å². The summed E-state index contributed by atoms with van der Waals surface area (Å²) in [6, 6.07) is 4.23. The molecule has 1 rings (SSSR count). The van der Waals surface area contributed by atoms with Crippen molar-refractivity contribution in [3.8, 4) is 5.75 Å². The molecule has 1 aromatic rings. The summed E-state index contributed by atoms with van der Waals surface area (Å²) in [6.07, 6.45) is 4.38. The van der Waals surface area contributed by atoms with E-state index < -0.39 is 0 Å². The van der Waals surface area contributed by atoms with Crippen molar-refractivity contribution in [1.82, 2.24) is 0 Å². The number of phenolic OH excluding ortho intramolecular Hbond substituents is 1. The fourth-order valence-corrected chi connectivity index (χ4v) is 3.09. The molecule has 0 heterocycles. The molecule has 0 radical (unpaired) electrons. The Morgan fingerprint density at radius 3 is 1.68 bits per heavy atom. The minimum Gasteiger partial charge on any atom is -0.504 e. The largest absolute Gasteiger partial charge is 0.504 e. The van der Waals surface area contributed by atoms with E-state index >= 15 is 0 Å². The summed E-state index contributed by atoms with van der Waals surface area (Å²) in [5.41, 5.74) is 3.18. The van der Waals surface area contributed by atoms with Crippen molar-refractivity contribution >= 4 is 11.4 Å². The second kappa shape index (κ2) is 9.60. The normalized spacial score (nSPS) is 10.8. The minimum absolute atomic E-state index is 0.462. The summed E-state index contributed by atoms with van der Waals surface area (Å²) in [6.45, 7) is 14.8. The monoisotopic (exact) mass is 306 g/mol. The average Bonchev–Trinajstić information content (AvgIpc) is 2.48. The van der Waals surface area contributed by atoms with Gasteiger partial charge in [-0.1, -0.05) is 33.8 Å². The second-order valence-corrected chi connectivity index (χ2v) is 6.07. The highest BCUT2D eigenvalue weighted by molar-refractivity contribution is 5.75. The summed E-state index contributed by atoms with van der Waals surface area (Å²) in [7, 11) is 0. The van der Waals surface area contributed by atoms with Crippen LogP contribution in [0.5, 0.6) is 5.75 Å². The SMILES string of the molecule is CCCN(CCC)c1ccc(C)c(N(CCC)CCC)c1O. The third-order valence-electron chi connectivity index (χ3n) is 3.96. The van der Waals surface area contributed by atoms with Crippen LogP contribution in [0.15, 0.2) is 12.1 Å². The zero-order valence-electron chi connectivity index (χ0n) is 15.2. The van der Waals surface area contributed by atoms with Gasteiger partial charge < -0.3 is 14.9 Å². The van der Waals surface area contributed by atoms with E-state index in [1.54, 1.807) is 0 Å². The maximum Gasteiger partial charge on any atom is 0.162 e. The van der Waals surface area contributed by atoms with Gasteiger partial charge in [-0.15, -0.1) is 0 Å². The van der Waals surface area contributed by atoms with Crippen LogP contribution >= 0.6 is 0 Å². The molecule has 1 N–H and O–H groups in total. The van der Waals surface area contributed by atoms with E-state index in [0.717, 1.165) is 68.8 Å². The molecule has 0 bridgehead atoms. The molecule has 0 unspecified atom stereocenters. The third-order valence-corrected chi connectivity index (χ3v) is 3.96. The highest BCUT2D eigenvalue weighted by Crippen LogP contribution is 2.40. The molecular weight excluding hydrogens is 272 g/mol. The summed E-state index contributed by atoms with van der Waals surface area (Å²) in [5.74, 6) is 0.462. The molecule has 0 saturated carbocycles. The molecule has 3 heteroatoms. The number of aromatic hydroxyl groups is 1. The Hall–Kier alpha value is -1.38. The zero-order valence-corrected chi connectivity index (χ0v) is 15.2. The van der Waals surface area contributed by atoms with Gasteiger partial charge in [0.1, 0.15) is 0 Å². The van der Waals surface area contributed by atoms with Gasteiger partial charge in [0.2, 0.25) is 0 Å². The van der Waals surface area contributed by atoms with Gasteiger partial charge >= 0.3 is 0 Å². The molecule has 0 aliphatic rings. The highest BCUT2D eigenvalue weighted by atomic mass is 16.3. The predicted molar refractivity (Wildman–Crippen MR) is 98.4 cm³/mol. The lowest BCUT2D eigenvalue weighted by Crippen LogP contribution is -2.28. The van der Waals surface area contributed by atoms with Crippen LogP contribution in [0, 0.1) is 6.92 Å². The van der Waals surface area contributed by atoms with Crippen molar-refractivity contribution in [2.24, 2.45) is 0 Å². The summed E-state index contributed by atoms with van der Waals surface area (Å²) >= 11 is 0. The van der Waals surface area contributed by atoms with Crippen LogP contribution in [-0.4, -0.2) is 31.3 Å². The van der Waals surface area contributed by atoms with E-state index in [1.807, 2.05) is 0 Å². The van der Waals surface area contributed by atoms with Crippen LogP contribution in [0.2, 0.25) is 0 Å². The van der Waals surface area contributed by atoms with Crippen LogP contribution < -0.4 is 9.80 Å². The Morgan fingerprint density at radius 1 is 0.773 bits per heavy atom. The highest BCUT2D eigenvalue weighted by Gasteiger charge is 2.19. The first-order valence-corrected chi connectivity index (χ1v) is 8.92. The molecule has 1 aromatic carbocycles. The average molecular weight is 306 g/mol. The predicted octanol–water partition coefficient (Wildman–Crippen LogP) is 4.95. The molecule has 0 saturated heterocycles. The van der Waals surface area contributed by atoms with Crippen LogP contribution in [-0.2, 0) is 0 Å². The fourth-order valence-electron chi connectivity index (χ4n) is 3.09. The number of aryl methyl sites for hydroxylation is 1. The fraction of sp³-hybridized carbons (Fsp3) is 0.684. The van der Waals surface area contributed by atoms with Crippen molar-refractivity contribution in [1.29, 1.82) is 0 Å². The summed E-state index contributed by atoms with van der Waals surface area (Å²) in [4.78, 5) is 4.65. The van der Waals surface area contributed by atoms with E-state index in [0.29, 0.717) is 5.75 Å². The van der Waals surface area contributed by atoms with Gasteiger partial charge in [0.05, 0.1) is 11.4 Å². The number of rotatable bonds is 10. The summed E-state index contributed by atoms with van der Waals surface area (Å²) in [5, 5.41) is 10.9. The number of phenols is 1. The first-order valence-electron chi connectivity index (χ1n) is 8.92. The summed E-state index contributed by atoms with van der Waals surface area (Å²) < 4.78 is 0. The molecule has 0 spiro atoms. The second-order valence-electron chi connectivity index (χ2n) is 6.07. The maximum atomic E-state index is 10.9. The number of anilines is 2. The Labute approximate surface area is 136 Å². The lowest BCUT2D eigenvalue weighted by Gasteiger charge is -2.31. The topological polar surface area (TPSA) is 26.7 Å². The molecule has 22 heavy (non-hydrogen) atoms. The van der Waals surface area contributed by atoms with E-state index in [4.69, 9.17) is 0 Å². The van der Waals surface area contributed by atoms with Crippen LogP contribution in [0.3, 0.4) is 0 Å². The third kappa shape index (κ3) is 4.56. The molecular formula is C19H34N2O. The molecule has 0 aliphatic carbocycles. The minimum atomic E-state index is 0.462. The van der Waals surface area contributed by atoms with Crippen molar-refractivity contribution < 1.29 is 5.11 Å². The van der Waals surface area contributed by atoms with E-state index in [-0.39, 0.29) is 0 Å². The lowest BCUT2D eigenvalue weighted by atomic mass is 10.1. The number of hydrogen-bond donors (Lipinski definition) is 1. The van der Waals surface area contributed by atoms with Gasteiger partial charge in [0.15, 0.2) is 5.75 Å². The van der Waals surface area contributed by atoms with Gasteiger partial charge in [-0.25, -0.2) is 0 Å². The maximum absolute atomic E-state index is 10.9. The molecule has 0 fully saturated rings. The molecule has 0 amide bonds. The molecule has 0 aliphatic heterocycles. The van der Waals surface area contributed by atoms with E-state index in [2.05, 4.69) is 56.6 Å². The van der Waals surface area contributed by atoms with Gasteiger partial charge in [-0.05, 0) is 44.2 Å². The van der Waals surface area contributed by atoms with Gasteiger partial charge in [-0.3, -0.25) is 0 Å². The Morgan fingerprint density at radius 2 is 1.23 bits per heavy atom. The van der Waals surface area contributed by atoms with E-state index in [1.165, 1.54) is 0 Å². The zero-order chi connectivity index (χ0) is 16.5. The molecule has 0 atom stereocenters. The standard InChI is InChI=1S/C19H34N2O/c1-6-12-20(13-7-2)17-11-10-16(5)18(19(17)22)21(14-8-3)15-9-4/h10-11,22H,6-9,12-15H2,1-5H3. The van der Waals surface area contributed by atoms with Crippen LogP contribution in [0.4, 0.5) is 11.4 Å². The number of hydrogen-bond acceptors (Lipinski definition) is 3. The van der Waals surface area contributed by atoms with Crippen molar-refractivity contribution in [2.45, 2.75) is 60.3 Å². The molecule has 3 nitrogen and oxygen atoms in total. The van der Waals surface area contributed by atoms with Gasteiger partial charge in [0.25, 0.3) is 0 Å². The number of nitrogens with zero attached hydrogens (tertiary/aromatic N) is 2. The van der Waals surface area contributed by atoms with Crippen molar-refractivity contribution in [3.63, 3.8) is 0 Å². The molecule has 0 aromatic heterocycles. The van der Waals surface area contributed by atoms with Crippen molar-refractivity contribution in [3.05, 3.63) is 17.7 Å². The Balaban J connectivity index is 3.24. The first kappa shape index (κ1) is 18.7. The van der Waals surface area contributed by atoms with Gasteiger partial charge in [-0.2, -0.15) is 0 Å². The lowest BCUT2D eigenvalue weighted by molar-refractivity contribution is 0.471. The smallest absolute Gasteiger partial charge is 0.162 e. The Bertz CT molecular complexity index is 433. The van der Waals surface area contributed by atoms with Gasteiger partial charge in [0, 0.05) is 26.2 Å². The Kier molecular flexibility index (Phi) is 8.15. The van der Waals surface area contributed by atoms with Crippen molar-refractivity contribution in [2.75, 3.05) is 36.0 Å². The quantitative estimate of drug-likeness (QED) is 0.662. The van der Waals surface area contributed by atoms with E-state index in [9.17, 15) is 5.11 Å². The first-order chi connectivity index (χ1) is 10.6. The van der Waals surface area contributed by atoms with Crippen LogP contribution in [0.25, 0.3) is 0 Å². The molecule has 126 valence electrons. The number of benzene rings is 1.